The predicted octanol–water partition coefficient (Wildman–Crippen LogP) is 0.566. The second kappa shape index (κ2) is 4.49. The first-order valence-electron chi connectivity index (χ1n) is 5.73. The number of esters is 1. The molecule has 1 atom stereocenters. The molecule has 0 radical (unpaired) electrons. The van der Waals surface area contributed by atoms with E-state index in [1.54, 1.807) is 0 Å². The van der Waals surface area contributed by atoms with E-state index in [-0.39, 0.29) is 17.3 Å². The third-order valence-corrected chi connectivity index (χ3v) is 3.62. The fourth-order valence-corrected chi connectivity index (χ4v) is 2.68. The normalized spacial score (nSPS) is 29.3. The van der Waals surface area contributed by atoms with Crippen LogP contribution < -0.4 is 5.32 Å². The van der Waals surface area contributed by atoms with Gasteiger partial charge in [-0.1, -0.05) is 0 Å². The standard InChI is InChI=1S/C11H19NO3/c1-2-15-10(13)9-7-12-8-11(9)3-5-14-6-4-11/h9,12H,2-8H2,1H3/t9-/m0/s1. The first-order chi connectivity index (χ1) is 7.28. The minimum absolute atomic E-state index is 0.0290. The molecule has 15 heavy (non-hydrogen) atoms. The van der Waals surface area contributed by atoms with Gasteiger partial charge in [0.1, 0.15) is 0 Å². The predicted molar refractivity (Wildman–Crippen MR) is 55.5 cm³/mol. The van der Waals surface area contributed by atoms with Crippen LogP contribution in [0.25, 0.3) is 0 Å². The lowest BCUT2D eigenvalue weighted by Gasteiger charge is -2.36. The quantitative estimate of drug-likeness (QED) is 0.681. The fourth-order valence-electron chi connectivity index (χ4n) is 2.68. The van der Waals surface area contributed by atoms with Crippen LogP contribution in [0.1, 0.15) is 19.8 Å². The van der Waals surface area contributed by atoms with Crippen LogP contribution in [-0.4, -0.2) is 38.9 Å². The van der Waals surface area contributed by atoms with Gasteiger partial charge in [0.05, 0.1) is 12.5 Å². The number of hydrogen-bond acceptors (Lipinski definition) is 4. The van der Waals surface area contributed by atoms with Gasteiger partial charge in [-0.05, 0) is 19.8 Å². The van der Waals surface area contributed by atoms with Crippen LogP contribution >= 0.6 is 0 Å². The number of ether oxygens (including phenoxy) is 2. The Balaban J connectivity index is 2.06. The lowest BCUT2D eigenvalue weighted by molar-refractivity contribution is -0.153. The molecule has 2 heterocycles. The van der Waals surface area contributed by atoms with Gasteiger partial charge >= 0.3 is 5.97 Å². The summed E-state index contributed by atoms with van der Waals surface area (Å²) >= 11 is 0. The van der Waals surface area contributed by atoms with E-state index in [1.807, 2.05) is 6.92 Å². The summed E-state index contributed by atoms with van der Waals surface area (Å²) in [4.78, 5) is 11.8. The Labute approximate surface area is 90.3 Å². The van der Waals surface area contributed by atoms with Crippen molar-refractivity contribution in [1.29, 1.82) is 0 Å². The average Bonchev–Trinajstić information content (AvgIpc) is 2.63. The zero-order valence-electron chi connectivity index (χ0n) is 9.25. The zero-order chi connectivity index (χ0) is 10.7. The summed E-state index contributed by atoms with van der Waals surface area (Å²) in [6.07, 6.45) is 1.95. The lowest BCUT2D eigenvalue weighted by atomic mass is 9.72. The lowest BCUT2D eigenvalue weighted by Crippen LogP contribution is -2.40. The third kappa shape index (κ3) is 2.01. The summed E-state index contributed by atoms with van der Waals surface area (Å²) in [5.41, 5.74) is 0.102. The van der Waals surface area contributed by atoms with Crippen LogP contribution in [0, 0.1) is 11.3 Å². The molecule has 0 aromatic carbocycles. The largest absolute Gasteiger partial charge is 0.466 e. The minimum atomic E-state index is -0.0376. The summed E-state index contributed by atoms with van der Waals surface area (Å²) in [6, 6.07) is 0. The van der Waals surface area contributed by atoms with Gasteiger partial charge in [-0.3, -0.25) is 4.79 Å². The Morgan fingerprint density at radius 1 is 1.53 bits per heavy atom. The molecule has 0 aromatic heterocycles. The highest BCUT2D eigenvalue weighted by Gasteiger charge is 2.48. The second-order valence-corrected chi connectivity index (χ2v) is 4.41. The highest BCUT2D eigenvalue weighted by atomic mass is 16.5. The van der Waals surface area contributed by atoms with Gasteiger partial charge in [-0.25, -0.2) is 0 Å². The van der Waals surface area contributed by atoms with Crippen molar-refractivity contribution in [2.75, 3.05) is 32.9 Å². The number of nitrogens with one attached hydrogen (secondary N) is 1. The molecule has 0 bridgehead atoms. The number of rotatable bonds is 2. The Bertz CT molecular complexity index is 236. The molecule has 4 nitrogen and oxygen atoms in total. The van der Waals surface area contributed by atoms with Gasteiger partial charge in [0, 0.05) is 31.7 Å². The SMILES string of the molecule is CCOC(=O)[C@@H]1CNCC12CCOCC2. The summed E-state index contributed by atoms with van der Waals surface area (Å²) in [5.74, 6) is -0.00856. The minimum Gasteiger partial charge on any atom is -0.466 e. The van der Waals surface area contributed by atoms with E-state index >= 15 is 0 Å². The highest BCUT2D eigenvalue weighted by molar-refractivity contribution is 5.74. The average molecular weight is 213 g/mol. The fraction of sp³-hybridized carbons (Fsp3) is 0.909. The van der Waals surface area contributed by atoms with Crippen molar-refractivity contribution >= 4 is 5.97 Å². The highest BCUT2D eigenvalue weighted by Crippen LogP contribution is 2.41. The summed E-state index contributed by atoms with van der Waals surface area (Å²) in [6.45, 7) is 5.58. The van der Waals surface area contributed by atoms with Crippen LogP contribution in [-0.2, 0) is 14.3 Å². The Morgan fingerprint density at radius 2 is 2.27 bits per heavy atom. The Kier molecular flexibility index (Phi) is 3.26. The Morgan fingerprint density at radius 3 is 2.93 bits per heavy atom. The maximum Gasteiger partial charge on any atom is 0.310 e. The molecular weight excluding hydrogens is 194 g/mol. The van der Waals surface area contributed by atoms with Crippen molar-refractivity contribution in [3.8, 4) is 0 Å². The first-order valence-corrected chi connectivity index (χ1v) is 5.73. The van der Waals surface area contributed by atoms with E-state index in [0.717, 1.165) is 39.1 Å². The van der Waals surface area contributed by atoms with Crippen LogP contribution in [0.4, 0.5) is 0 Å². The van der Waals surface area contributed by atoms with Crippen LogP contribution in [0.15, 0.2) is 0 Å². The molecule has 0 unspecified atom stereocenters. The van der Waals surface area contributed by atoms with E-state index in [0.29, 0.717) is 6.61 Å². The van der Waals surface area contributed by atoms with E-state index in [9.17, 15) is 4.79 Å². The molecule has 2 rings (SSSR count). The van der Waals surface area contributed by atoms with Crippen molar-refractivity contribution < 1.29 is 14.3 Å². The molecule has 2 saturated heterocycles. The van der Waals surface area contributed by atoms with Gasteiger partial charge in [0.15, 0.2) is 0 Å². The maximum atomic E-state index is 11.8. The van der Waals surface area contributed by atoms with E-state index < -0.39 is 0 Å². The van der Waals surface area contributed by atoms with Gasteiger partial charge in [0.2, 0.25) is 0 Å². The third-order valence-electron chi connectivity index (χ3n) is 3.62. The number of carbonyl (C=O) groups is 1. The molecule has 86 valence electrons. The zero-order valence-corrected chi connectivity index (χ0v) is 9.25. The molecular formula is C11H19NO3. The van der Waals surface area contributed by atoms with Crippen LogP contribution in [0.5, 0.6) is 0 Å². The van der Waals surface area contributed by atoms with Crippen molar-refractivity contribution in [2.45, 2.75) is 19.8 Å². The molecule has 0 aliphatic carbocycles. The molecule has 0 aromatic rings. The van der Waals surface area contributed by atoms with Gasteiger partial charge in [-0.2, -0.15) is 0 Å². The monoisotopic (exact) mass is 213 g/mol. The maximum absolute atomic E-state index is 11.8. The van der Waals surface area contributed by atoms with Crippen molar-refractivity contribution in [2.24, 2.45) is 11.3 Å². The van der Waals surface area contributed by atoms with E-state index in [4.69, 9.17) is 9.47 Å². The van der Waals surface area contributed by atoms with Crippen molar-refractivity contribution in [1.82, 2.24) is 5.32 Å². The summed E-state index contributed by atoms with van der Waals surface area (Å²) < 4.78 is 10.5. The van der Waals surface area contributed by atoms with Gasteiger partial charge in [-0.15, -0.1) is 0 Å². The topological polar surface area (TPSA) is 47.6 Å². The molecule has 1 spiro atoms. The van der Waals surface area contributed by atoms with Crippen LogP contribution in [0.3, 0.4) is 0 Å². The number of carbonyl (C=O) groups excluding carboxylic acids is 1. The van der Waals surface area contributed by atoms with Gasteiger partial charge < -0.3 is 14.8 Å². The van der Waals surface area contributed by atoms with E-state index in [2.05, 4.69) is 5.32 Å². The summed E-state index contributed by atoms with van der Waals surface area (Å²) in [5, 5.41) is 3.32. The smallest absolute Gasteiger partial charge is 0.310 e. The summed E-state index contributed by atoms with van der Waals surface area (Å²) in [7, 11) is 0. The molecule has 0 saturated carbocycles. The molecule has 1 N–H and O–H groups in total. The van der Waals surface area contributed by atoms with Crippen molar-refractivity contribution in [3.05, 3.63) is 0 Å². The molecule has 2 aliphatic rings. The van der Waals surface area contributed by atoms with Crippen LogP contribution in [0.2, 0.25) is 0 Å². The molecule has 0 amide bonds. The first kappa shape index (κ1) is 10.9. The Hall–Kier alpha value is -0.610. The molecule has 4 heteroatoms. The van der Waals surface area contributed by atoms with E-state index in [1.165, 1.54) is 0 Å². The second-order valence-electron chi connectivity index (χ2n) is 4.41. The van der Waals surface area contributed by atoms with Crippen molar-refractivity contribution in [3.63, 3.8) is 0 Å². The van der Waals surface area contributed by atoms with Gasteiger partial charge in [0.25, 0.3) is 0 Å². The number of hydrogen-bond donors (Lipinski definition) is 1. The molecule has 2 aliphatic heterocycles. The molecule has 2 fully saturated rings.